The second kappa shape index (κ2) is 2.37. The van der Waals surface area contributed by atoms with Crippen molar-refractivity contribution in [1.29, 1.82) is 0 Å². The van der Waals surface area contributed by atoms with Crippen LogP contribution in [0.15, 0.2) is 22.1 Å². The number of nitrogens with zero attached hydrogens (tertiary/aromatic N) is 2. The molecular weight excluding hydrogens is 124 g/mol. The second-order valence-corrected chi connectivity index (χ2v) is 2.63. The molecule has 0 bridgehead atoms. The molecule has 0 aromatic carbocycles. The maximum Gasteiger partial charge on any atom is 0.0770 e. The fraction of sp³-hybridized carbons (Fsp3) is 0.500. The van der Waals surface area contributed by atoms with Crippen LogP contribution in [0, 0.1) is 5.92 Å². The molecule has 10 heavy (non-hydrogen) atoms. The van der Waals surface area contributed by atoms with Crippen LogP contribution in [-0.2, 0) is 0 Å². The van der Waals surface area contributed by atoms with Gasteiger partial charge in [-0.05, 0) is 6.42 Å². The van der Waals surface area contributed by atoms with Crippen molar-refractivity contribution < 1.29 is 0 Å². The van der Waals surface area contributed by atoms with E-state index in [9.17, 15) is 0 Å². The molecule has 2 heteroatoms. The van der Waals surface area contributed by atoms with Gasteiger partial charge in [-0.2, -0.15) is 0 Å². The molecule has 0 radical (unpaired) electrons. The topological polar surface area (TPSA) is 24.7 Å². The van der Waals surface area contributed by atoms with E-state index in [4.69, 9.17) is 0 Å². The molecule has 2 rings (SSSR count). The molecule has 2 aliphatic rings. The predicted octanol–water partition coefficient (Wildman–Crippen LogP) is 1.09. The highest BCUT2D eigenvalue weighted by atomic mass is 14.8. The monoisotopic (exact) mass is 134 g/mol. The van der Waals surface area contributed by atoms with Crippen molar-refractivity contribution in [2.45, 2.75) is 6.42 Å². The van der Waals surface area contributed by atoms with E-state index in [0.717, 1.165) is 19.5 Å². The first-order valence-electron chi connectivity index (χ1n) is 3.65. The molecular formula is C8H10N2. The van der Waals surface area contributed by atoms with Crippen molar-refractivity contribution >= 4 is 11.9 Å². The fourth-order valence-corrected chi connectivity index (χ4v) is 1.35. The standard InChI is InChI=1S/C8H10N2/c1-2-7-3-5-9-6-8(7)10-4-1/h1-2,5,7H,3-4,6H2. The summed E-state index contributed by atoms with van der Waals surface area (Å²) < 4.78 is 0. The van der Waals surface area contributed by atoms with Crippen molar-refractivity contribution in [2.24, 2.45) is 15.9 Å². The van der Waals surface area contributed by atoms with Gasteiger partial charge in [-0.25, -0.2) is 0 Å². The molecule has 2 aliphatic heterocycles. The Morgan fingerprint density at radius 3 is 3.40 bits per heavy atom. The third kappa shape index (κ3) is 0.897. The molecule has 0 aliphatic carbocycles. The number of hydrogen-bond acceptors (Lipinski definition) is 2. The van der Waals surface area contributed by atoms with Gasteiger partial charge in [-0.3, -0.25) is 9.98 Å². The zero-order chi connectivity index (χ0) is 6.81. The number of hydrogen-bond donors (Lipinski definition) is 0. The molecule has 0 saturated heterocycles. The van der Waals surface area contributed by atoms with Crippen LogP contribution in [-0.4, -0.2) is 25.0 Å². The Hall–Kier alpha value is -0.920. The summed E-state index contributed by atoms with van der Waals surface area (Å²) in [7, 11) is 0. The number of fused-ring (bicyclic) bond motifs is 1. The van der Waals surface area contributed by atoms with Gasteiger partial charge in [-0.15, -0.1) is 0 Å². The van der Waals surface area contributed by atoms with E-state index in [2.05, 4.69) is 22.1 Å². The minimum absolute atomic E-state index is 0.575. The minimum Gasteiger partial charge on any atom is -0.291 e. The molecule has 0 spiro atoms. The highest BCUT2D eigenvalue weighted by molar-refractivity contribution is 5.95. The van der Waals surface area contributed by atoms with Gasteiger partial charge in [0.2, 0.25) is 0 Å². The summed E-state index contributed by atoms with van der Waals surface area (Å²) in [5.41, 5.74) is 1.27. The van der Waals surface area contributed by atoms with Crippen molar-refractivity contribution in [3.63, 3.8) is 0 Å². The van der Waals surface area contributed by atoms with Gasteiger partial charge in [0, 0.05) is 17.8 Å². The predicted molar refractivity (Wildman–Crippen MR) is 42.9 cm³/mol. The molecule has 0 aromatic heterocycles. The molecule has 0 fully saturated rings. The lowest BCUT2D eigenvalue weighted by atomic mass is 9.95. The Balaban J connectivity index is 2.23. The third-order valence-corrected chi connectivity index (χ3v) is 1.94. The zero-order valence-corrected chi connectivity index (χ0v) is 5.83. The van der Waals surface area contributed by atoms with Gasteiger partial charge in [-0.1, -0.05) is 12.2 Å². The molecule has 2 heterocycles. The van der Waals surface area contributed by atoms with E-state index in [1.165, 1.54) is 5.71 Å². The Bertz CT molecular complexity index is 213. The first kappa shape index (κ1) is 5.83. The molecule has 0 amide bonds. The Kier molecular flexibility index (Phi) is 1.38. The lowest BCUT2D eigenvalue weighted by molar-refractivity contribution is 0.846. The summed E-state index contributed by atoms with van der Waals surface area (Å²) >= 11 is 0. The minimum atomic E-state index is 0.575. The number of rotatable bonds is 0. The average molecular weight is 134 g/mol. The Morgan fingerprint density at radius 1 is 1.50 bits per heavy atom. The van der Waals surface area contributed by atoms with Crippen LogP contribution < -0.4 is 0 Å². The van der Waals surface area contributed by atoms with Gasteiger partial charge >= 0.3 is 0 Å². The van der Waals surface area contributed by atoms with Crippen LogP contribution in [0.3, 0.4) is 0 Å². The molecule has 0 saturated carbocycles. The zero-order valence-electron chi connectivity index (χ0n) is 5.83. The van der Waals surface area contributed by atoms with Crippen molar-refractivity contribution in [2.75, 3.05) is 13.1 Å². The van der Waals surface area contributed by atoms with Crippen LogP contribution in [0.5, 0.6) is 0 Å². The maximum atomic E-state index is 4.37. The lowest BCUT2D eigenvalue weighted by Gasteiger charge is -2.18. The number of aliphatic imine (C=N–C) groups is 2. The molecule has 2 nitrogen and oxygen atoms in total. The van der Waals surface area contributed by atoms with Crippen LogP contribution in [0.2, 0.25) is 0 Å². The summed E-state index contributed by atoms with van der Waals surface area (Å²) in [6.45, 7) is 1.69. The molecule has 1 unspecified atom stereocenters. The highest BCUT2D eigenvalue weighted by Crippen LogP contribution is 2.14. The van der Waals surface area contributed by atoms with Crippen molar-refractivity contribution in [3.05, 3.63) is 12.2 Å². The van der Waals surface area contributed by atoms with E-state index in [1.807, 2.05) is 6.21 Å². The van der Waals surface area contributed by atoms with Gasteiger partial charge in [0.05, 0.1) is 13.1 Å². The first-order valence-corrected chi connectivity index (χ1v) is 3.65. The van der Waals surface area contributed by atoms with Crippen molar-refractivity contribution in [1.82, 2.24) is 0 Å². The van der Waals surface area contributed by atoms with Gasteiger partial charge in [0.15, 0.2) is 0 Å². The van der Waals surface area contributed by atoms with E-state index in [-0.39, 0.29) is 0 Å². The van der Waals surface area contributed by atoms with Gasteiger partial charge < -0.3 is 0 Å². The maximum absolute atomic E-state index is 4.37. The second-order valence-electron chi connectivity index (χ2n) is 2.63. The molecule has 0 aromatic rings. The summed E-state index contributed by atoms with van der Waals surface area (Å²) in [6.07, 6.45) is 7.43. The van der Waals surface area contributed by atoms with E-state index in [0.29, 0.717) is 5.92 Å². The van der Waals surface area contributed by atoms with Crippen LogP contribution >= 0.6 is 0 Å². The van der Waals surface area contributed by atoms with Crippen LogP contribution in [0.4, 0.5) is 0 Å². The number of dihydropyridines is 1. The SMILES string of the molecule is C1=CC2CC=NCC2=NC1. The van der Waals surface area contributed by atoms with E-state index < -0.39 is 0 Å². The largest absolute Gasteiger partial charge is 0.291 e. The summed E-state index contributed by atoms with van der Waals surface area (Å²) in [6, 6.07) is 0. The summed E-state index contributed by atoms with van der Waals surface area (Å²) in [5, 5.41) is 0. The Morgan fingerprint density at radius 2 is 2.50 bits per heavy atom. The summed E-state index contributed by atoms with van der Waals surface area (Å²) in [5.74, 6) is 0.575. The molecule has 1 atom stereocenters. The van der Waals surface area contributed by atoms with Gasteiger partial charge in [0.1, 0.15) is 0 Å². The van der Waals surface area contributed by atoms with Crippen molar-refractivity contribution in [3.8, 4) is 0 Å². The van der Waals surface area contributed by atoms with Crippen LogP contribution in [0.25, 0.3) is 0 Å². The first-order chi connectivity index (χ1) is 4.97. The molecule has 52 valence electrons. The average Bonchev–Trinajstić information content (AvgIpc) is 2.05. The quantitative estimate of drug-likeness (QED) is 0.443. The third-order valence-electron chi connectivity index (χ3n) is 1.94. The van der Waals surface area contributed by atoms with Crippen LogP contribution in [0.1, 0.15) is 6.42 Å². The fourth-order valence-electron chi connectivity index (χ4n) is 1.35. The molecule has 0 N–H and O–H groups in total. The lowest BCUT2D eigenvalue weighted by Crippen LogP contribution is -2.22. The summed E-state index contributed by atoms with van der Waals surface area (Å²) in [4.78, 5) is 8.54. The number of allylic oxidation sites excluding steroid dienone is 1. The van der Waals surface area contributed by atoms with Gasteiger partial charge in [0.25, 0.3) is 0 Å². The smallest absolute Gasteiger partial charge is 0.0770 e. The van der Waals surface area contributed by atoms with E-state index >= 15 is 0 Å². The highest BCUT2D eigenvalue weighted by Gasteiger charge is 2.16. The Labute approximate surface area is 60.4 Å². The van der Waals surface area contributed by atoms with E-state index in [1.54, 1.807) is 0 Å². The normalized spacial score (nSPS) is 29.6.